The predicted octanol–water partition coefficient (Wildman–Crippen LogP) is 12.6. The molecule has 0 aromatic rings. The van der Waals surface area contributed by atoms with Crippen LogP contribution in [-0.2, 0) is 0 Å². The average Bonchev–Trinajstić information content (AvgIpc) is 3.07. The lowest BCUT2D eigenvalue weighted by atomic mass is 10.0. The maximum absolute atomic E-state index is 9.33. The monoisotopic (exact) mass is 665 g/mol. The van der Waals surface area contributed by atoms with Crippen LogP contribution in [0.5, 0.6) is 0 Å². The molecule has 0 aromatic heterocycles. The minimum absolute atomic E-state index is 0.149. The van der Waals surface area contributed by atoms with Gasteiger partial charge in [0, 0.05) is 32.7 Å². The van der Waals surface area contributed by atoms with Crippen molar-refractivity contribution in [3.05, 3.63) is 12.3 Å². The molecule has 0 amide bonds. The van der Waals surface area contributed by atoms with E-state index in [1.807, 2.05) is 0 Å². The predicted molar refractivity (Wildman–Crippen MR) is 210 cm³/mol. The van der Waals surface area contributed by atoms with Crippen LogP contribution in [-0.4, -0.2) is 66.0 Å². The molecule has 0 radical (unpaired) electrons. The van der Waals surface area contributed by atoms with Crippen LogP contribution in [0.25, 0.3) is 0 Å². The number of hydrogen-bond donors (Lipinski definition) is 2. The summed E-state index contributed by atoms with van der Waals surface area (Å²) in [5.41, 5.74) is 0. The number of nitrogens with zero attached hydrogens (tertiary/aromatic N) is 2. The van der Waals surface area contributed by atoms with Gasteiger partial charge in [-0.15, -0.1) is 0 Å². The third-order valence-electron chi connectivity index (χ3n) is 10.1. The zero-order chi connectivity index (χ0) is 34.1. The Labute approximate surface area is 296 Å². The number of rotatable bonds is 41. The van der Waals surface area contributed by atoms with E-state index in [9.17, 15) is 10.2 Å². The Morgan fingerprint density at radius 1 is 0.340 bits per heavy atom. The van der Waals surface area contributed by atoms with Crippen LogP contribution in [0, 0.1) is 0 Å². The van der Waals surface area contributed by atoms with E-state index in [0.717, 1.165) is 19.6 Å². The average molecular weight is 665 g/mol. The minimum Gasteiger partial charge on any atom is -0.395 e. The van der Waals surface area contributed by atoms with Crippen LogP contribution in [0.15, 0.2) is 12.3 Å². The molecular formula is C43H88N2O2. The van der Waals surface area contributed by atoms with Crippen molar-refractivity contribution in [1.82, 2.24) is 9.80 Å². The molecule has 4 nitrogen and oxygen atoms in total. The van der Waals surface area contributed by atoms with E-state index in [1.54, 1.807) is 0 Å². The fourth-order valence-electron chi connectivity index (χ4n) is 6.91. The summed E-state index contributed by atoms with van der Waals surface area (Å²) in [5.74, 6) is 0. The standard InChI is InChI=1S/C43H88N2O2/c1-3-5-7-9-11-13-15-17-19-21-23-25-27-29-31-33-36-44(38-35-39-45(40-42-46)41-43-47)37-34-32-30-28-26-24-22-20-18-16-14-12-10-8-6-4-2/h35,38,46-47H,3-34,36-37,39-43H2,1-2H3. The Bertz CT molecular complexity index is 542. The van der Waals surface area contributed by atoms with Crippen molar-refractivity contribution in [2.75, 3.05) is 45.9 Å². The second-order valence-electron chi connectivity index (χ2n) is 14.8. The number of hydrogen-bond acceptors (Lipinski definition) is 4. The summed E-state index contributed by atoms with van der Waals surface area (Å²) in [7, 11) is 0. The topological polar surface area (TPSA) is 46.9 Å². The van der Waals surface area contributed by atoms with Crippen molar-refractivity contribution in [3.63, 3.8) is 0 Å². The summed E-state index contributed by atoms with van der Waals surface area (Å²) in [5, 5.41) is 18.7. The van der Waals surface area contributed by atoms with Gasteiger partial charge < -0.3 is 15.1 Å². The van der Waals surface area contributed by atoms with E-state index < -0.39 is 0 Å². The minimum atomic E-state index is 0.149. The van der Waals surface area contributed by atoms with Crippen molar-refractivity contribution in [2.45, 2.75) is 219 Å². The van der Waals surface area contributed by atoms with Gasteiger partial charge in [0.1, 0.15) is 0 Å². The van der Waals surface area contributed by atoms with Crippen molar-refractivity contribution in [3.8, 4) is 0 Å². The highest BCUT2D eigenvalue weighted by Gasteiger charge is 2.04. The third kappa shape index (κ3) is 38.1. The Balaban J connectivity index is 3.96. The van der Waals surface area contributed by atoms with Crippen LogP contribution < -0.4 is 0 Å². The first-order valence-corrected chi connectivity index (χ1v) is 21.6. The van der Waals surface area contributed by atoms with Gasteiger partial charge in [0.2, 0.25) is 0 Å². The Kier molecular flexibility index (Phi) is 41.1. The quantitative estimate of drug-likeness (QED) is 0.0639. The SMILES string of the molecule is CCCCCCCCCCCCCCCCCCN(C=CCN(CCO)CCO)CCCCCCCCCCCCCCCCCC. The summed E-state index contributed by atoms with van der Waals surface area (Å²) in [6.45, 7) is 9.28. The van der Waals surface area contributed by atoms with Gasteiger partial charge in [-0.25, -0.2) is 0 Å². The highest BCUT2D eigenvalue weighted by Crippen LogP contribution is 2.16. The largest absolute Gasteiger partial charge is 0.395 e. The van der Waals surface area contributed by atoms with Crippen LogP contribution >= 0.6 is 0 Å². The second kappa shape index (κ2) is 41.6. The molecule has 4 heteroatoms. The molecule has 0 bridgehead atoms. The highest BCUT2D eigenvalue weighted by atomic mass is 16.3. The van der Waals surface area contributed by atoms with Crippen molar-refractivity contribution >= 4 is 0 Å². The smallest absolute Gasteiger partial charge is 0.0558 e. The van der Waals surface area contributed by atoms with Crippen LogP contribution in [0.3, 0.4) is 0 Å². The van der Waals surface area contributed by atoms with Gasteiger partial charge in [0.15, 0.2) is 0 Å². The molecule has 0 atom stereocenters. The molecule has 0 aliphatic heterocycles. The zero-order valence-electron chi connectivity index (χ0n) is 32.5. The van der Waals surface area contributed by atoms with E-state index >= 15 is 0 Å². The molecule has 47 heavy (non-hydrogen) atoms. The van der Waals surface area contributed by atoms with Gasteiger partial charge in [-0.3, -0.25) is 4.90 Å². The van der Waals surface area contributed by atoms with Crippen LogP contribution in [0.4, 0.5) is 0 Å². The molecule has 0 heterocycles. The zero-order valence-corrected chi connectivity index (χ0v) is 32.5. The fraction of sp³-hybridized carbons (Fsp3) is 0.953. The van der Waals surface area contributed by atoms with Crippen molar-refractivity contribution in [1.29, 1.82) is 0 Å². The summed E-state index contributed by atoms with van der Waals surface area (Å²) in [4.78, 5) is 4.67. The summed E-state index contributed by atoms with van der Waals surface area (Å²) < 4.78 is 0. The molecule has 0 aliphatic carbocycles. The molecule has 0 spiro atoms. The molecule has 0 aliphatic rings. The summed E-state index contributed by atoms with van der Waals surface area (Å²) in [6.07, 6.45) is 49.9. The normalized spacial score (nSPS) is 11.9. The van der Waals surface area contributed by atoms with Gasteiger partial charge in [-0.2, -0.15) is 0 Å². The van der Waals surface area contributed by atoms with Gasteiger partial charge >= 0.3 is 0 Å². The third-order valence-corrected chi connectivity index (χ3v) is 10.1. The molecular weight excluding hydrogens is 576 g/mol. The molecule has 0 unspecified atom stereocenters. The lowest BCUT2D eigenvalue weighted by Crippen LogP contribution is -2.30. The van der Waals surface area contributed by atoms with E-state index in [-0.39, 0.29) is 13.2 Å². The maximum Gasteiger partial charge on any atom is 0.0558 e. The molecule has 0 rings (SSSR count). The van der Waals surface area contributed by atoms with Crippen molar-refractivity contribution in [2.24, 2.45) is 0 Å². The fourth-order valence-corrected chi connectivity index (χ4v) is 6.91. The maximum atomic E-state index is 9.33. The first-order chi connectivity index (χ1) is 23.3. The summed E-state index contributed by atoms with van der Waals surface area (Å²) in [6, 6.07) is 0. The molecule has 0 fully saturated rings. The van der Waals surface area contributed by atoms with Gasteiger partial charge in [0.05, 0.1) is 13.2 Å². The van der Waals surface area contributed by atoms with E-state index in [1.165, 1.54) is 205 Å². The van der Waals surface area contributed by atoms with E-state index in [4.69, 9.17) is 0 Å². The molecule has 282 valence electrons. The molecule has 0 aromatic carbocycles. The lowest BCUT2D eigenvalue weighted by Gasteiger charge is -2.22. The Hall–Kier alpha value is -0.580. The number of aliphatic hydroxyl groups is 2. The molecule has 0 saturated heterocycles. The van der Waals surface area contributed by atoms with Gasteiger partial charge in [-0.05, 0) is 19.0 Å². The van der Waals surface area contributed by atoms with E-state index in [0.29, 0.717) is 13.1 Å². The second-order valence-corrected chi connectivity index (χ2v) is 14.8. The van der Waals surface area contributed by atoms with Gasteiger partial charge in [-0.1, -0.05) is 213 Å². The van der Waals surface area contributed by atoms with Gasteiger partial charge in [0.25, 0.3) is 0 Å². The summed E-state index contributed by atoms with van der Waals surface area (Å²) >= 11 is 0. The molecule has 0 saturated carbocycles. The van der Waals surface area contributed by atoms with Crippen LogP contribution in [0.2, 0.25) is 0 Å². The lowest BCUT2D eigenvalue weighted by molar-refractivity contribution is 0.171. The van der Waals surface area contributed by atoms with Crippen molar-refractivity contribution < 1.29 is 10.2 Å². The highest BCUT2D eigenvalue weighted by molar-refractivity contribution is 4.85. The Morgan fingerprint density at radius 3 is 0.851 bits per heavy atom. The first kappa shape index (κ1) is 46.4. The Morgan fingerprint density at radius 2 is 0.596 bits per heavy atom. The van der Waals surface area contributed by atoms with E-state index in [2.05, 4.69) is 35.9 Å². The molecule has 2 N–H and O–H groups in total. The van der Waals surface area contributed by atoms with Crippen LogP contribution in [0.1, 0.15) is 219 Å². The number of unbranched alkanes of at least 4 members (excludes halogenated alkanes) is 30. The first-order valence-electron chi connectivity index (χ1n) is 21.6. The number of aliphatic hydroxyl groups excluding tert-OH is 2.